The van der Waals surface area contributed by atoms with Gasteiger partial charge in [-0.2, -0.15) is 0 Å². The van der Waals surface area contributed by atoms with Crippen LogP contribution in [0.2, 0.25) is 0 Å². The summed E-state index contributed by atoms with van der Waals surface area (Å²) >= 11 is 0. The number of para-hydroxylation sites is 2. The highest BCUT2D eigenvalue weighted by Crippen LogP contribution is 2.29. The minimum absolute atomic E-state index is 0. The lowest BCUT2D eigenvalue weighted by Crippen LogP contribution is -2.28. The van der Waals surface area contributed by atoms with Gasteiger partial charge in [-0.05, 0) is 55.2 Å². The van der Waals surface area contributed by atoms with E-state index in [1.165, 1.54) is 12.1 Å². The van der Waals surface area contributed by atoms with Gasteiger partial charge in [-0.1, -0.05) is 18.6 Å². The third kappa shape index (κ3) is 5.43. The van der Waals surface area contributed by atoms with Crippen LogP contribution in [0.4, 0.5) is 15.8 Å². The van der Waals surface area contributed by atoms with Gasteiger partial charge in [0.1, 0.15) is 5.82 Å². The zero-order valence-electron chi connectivity index (χ0n) is 15.1. The Bertz CT molecular complexity index is 922. The molecule has 1 saturated carbocycles. The standard InChI is InChI=1S/C19H22FN3O3S.ClH/c20-14-8-10-15(11-9-14)27(25,26)23-18-7-2-1-6-17(18)22-19(24)12-13-4-3-5-16(13)21;/h1-2,6-11,13,16,23H,3-5,12,21H2,(H,22,24);1H/t13-,16+;/m0./s1. The molecule has 0 saturated heterocycles. The maximum atomic E-state index is 13.0. The van der Waals surface area contributed by atoms with Crippen molar-refractivity contribution in [3.8, 4) is 0 Å². The number of sulfonamides is 1. The fraction of sp³-hybridized carbons (Fsp3) is 0.316. The van der Waals surface area contributed by atoms with Crippen LogP contribution < -0.4 is 15.8 Å². The molecule has 2 aromatic carbocycles. The smallest absolute Gasteiger partial charge is 0.261 e. The largest absolute Gasteiger partial charge is 0.327 e. The molecule has 2 atom stereocenters. The fourth-order valence-electron chi connectivity index (χ4n) is 3.26. The molecule has 6 nitrogen and oxygen atoms in total. The van der Waals surface area contributed by atoms with Crippen LogP contribution in [0, 0.1) is 11.7 Å². The number of nitrogens with two attached hydrogens (primary N) is 1. The molecule has 9 heteroatoms. The fourth-order valence-corrected chi connectivity index (χ4v) is 4.34. The quantitative estimate of drug-likeness (QED) is 0.656. The van der Waals surface area contributed by atoms with Gasteiger partial charge in [0.2, 0.25) is 5.91 Å². The summed E-state index contributed by atoms with van der Waals surface area (Å²) in [6, 6.07) is 11.1. The Morgan fingerprint density at radius 1 is 1.07 bits per heavy atom. The van der Waals surface area contributed by atoms with Crippen molar-refractivity contribution in [1.29, 1.82) is 0 Å². The maximum Gasteiger partial charge on any atom is 0.261 e. The molecule has 0 spiro atoms. The molecule has 0 aromatic heterocycles. The highest BCUT2D eigenvalue weighted by molar-refractivity contribution is 7.92. The molecule has 3 rings (SSSR count). The predicted octanol–water partition coefficient (Wildman–Crippen LogP) is 3.50. The number of anilines is 2. The van der Waals surface area contributed by atoms with Gasteiger partial charge in [0.05, 0.1) is 16.3 Å². The molecule has 4 N–H and O–H groups in total. The summed E-state index contributed by atoms with van der Waals surface area (Å²) in [5.74, 6) is -0.578. The van der Waals surface area contributed by atoms with Gasteiger partial charge in [0.25, 0.3) is 10.0 Å². The lowest BCUT2D eigenvalue weighted by Gasteiger charge is -2.17. The van der Waals surface area contributed by atoms with Gasteiger partial charge in [-0.25, -0.2) is 12.8 Å². The first-order valence-electron chi connectivity index (χ1n) is 8.78. The van der Waals surface area contributed by atoms with Crippen LogP contribution in [0.3, 0.4) is 0 Å². The average Bonchev–Trinajstić information content (AvgIpc) is 3.01. The normalized spacial score (nSPS) is 18.9. The SMILES string of the molecule is Cl.N[C@@H]1CCC[C@H]1CC(=O)Nc1ccccc1NS(=O)(=O)c1ccc(F)cc1. The van der Waals surface area contributed by atoms with E-state index in [0.717, 1.165) is 31.4 Å². The number of hydrogen-bond donors (Lipinski definition) is 3. The summed E-state index contributed by atoms with van der Waals surface area (Å²) in [6.45, 7) is 0. The van der Waals surface area contributed by atoms with Crippen molar-refractivity contribution >= 4 is 39.7 Å². The van der Waals surface area contributed by atoms with Gasteiger partial charge in [0, 0.05) is 12.5 Å². The van der Waals surface area contributed by atoms with Crippen LogP contribution in [0.1, 0.15) is 25.7 Å². The molecule has 1 aliphatic rings. The molecule has 1 amide bonds. The van der Waals surface area contributed by atoms with E-state index in [4.69, 9.17) is 5.73 Å². The zero-order chi connectivity index (χ0) is 19.4. The monoisotopic (exact) mass is 427 g/mol. The number of amides is 1. The first kappa shape index (κ1) is 22.1. The summed E-state index contributed by atoms with van der Waals surface area (Å²) in [5.41, 5.74) is 6.61. The second-order valence-corrected chi connectivity index (χ2v) is 8.39. The van der Waals surface area contributed by atoms with Crippen molar-refractivity contribution < 1.29 is 17.6 Å². The van der Waals surface area contributed by atoms with Crippen LogP contribution in [0.25, 0.3) is 0 Å². The Balaban J connectivity index is 0.00000280. The van der Waals surface area contributed by atoms with Crippen LogP contribution in [-0.2, 0) is 14.8 Å². The Hall–Kier alpha value is -2.16. The van der Waals surface area contributed by atoms with E-state index in [0.29, 0.717) is 12.1 Å². The van der Waals surface area contributed by atoms with Gasteiger partial charge in [0.15, 0.2) is 0 Å². The third-order valence-corrected chi connectivity index (χ3v) is 6.12. The lowest BCUT2D eigenvalue weighted by molar-refractivity contribution is -0.117. The third-order valence-electron chi connectivity index (χ3n) is 4.73. The van der Waals surface area contributed by atoms with Crippen molar-refractivity contribution in [3.05, 3.63) is 54.3 Å². The number of halogens is 2. The maximum absolute atomic E-state index is 13.0. The summed E-state index contributed by atoms with van der Waals surface area (Å²) in [6.07, 6.45) is 3.17. The molecule has 2 aromatic rings. The van der Waals surface area contributed by atoms with Gasteiger partial charge < -0.3 is 11.1 Å². The number of rotatable bonds is 6. The second-order valence-electron chi connectivity index (χ2n) is 6.71. The Kier molecular flexibility index (Phi) is 7.40. The molecular formula is C19H23ClFN3O3S. The summed E-state index contributed by atoms with van der Waals surface area (Å²) in [7, 11) is -3.91. The first-order chi connectivity index (χ1) is 12.8. The Morgan fingerprint density at radius 3 is 2.32 bits per heavy atom. The number of benzene rings is 2. The second kappa shape index (κ2) is 9.36. The molecule has 0 unspecified atom stereocenters. The predicted molar refractivity (Wildman–Crippen MR) is 109 cm³/mol. The van der Waals surface area contributed by atoms with Crippen LogP contribution in [-0.4, -0.2) is 20.4 Å². The molecule has 1 aliphatic carbocycles. The minimum Gasteiger partial charge on any atom is -0.327 e. The Labute approximate surface area is 170 Å². The van der Waals surface area contributed by atoms with E-state index < -0.39 is 15.8 Å². The molecule has 0 radical (unpaired) electrons. The number of nitrogens with one attached hydrogen (secondary N) is 2. The van der Waals surface area contributed by atoms with E-state index in [-0.39, 0.29) is 40.9 Å². The first-order valence-corrected chi connectivity index (χ1v) is 10.3. The van der Waals surface area contributed by atoms with Gasteiger partial charge >= 0.3 is 0 Å². The molecule has 0 aliphatic heterocycles. The van der Waals surface area contributed by atoms with Crippen LogP contribution in [0.15, 0.2) is 53.4 Å². The lowest BCUT2D eigenvalue weighted by atomic mass is 10.00. The number of hydrogen-bond acceptors (Lipinski definition) is 4. The van der Waals surface area contributed by atoms with Crippen LogP contribution >= 0.6 is 12.4 Å². The average molecular weight is 428 g/mol. The summed E-state index contributed by atoms with van der Waals surface area (Å²) in [4.78, 5) is 12.3. The molecule has 28 heavy (non-hydrogen) atoms. The van der Waals surface area contributed by atoms with E-state index in [1.807, 2.05) is 0 Å². The van der Waals surface area contributed by atoms with E-state index in [2.05, 4.69) is 10.0 Å². The Morgan fingerprint density at radius 2 is 1.71 bits per heavy atom. The number of carbonyl (C=O) groups is 1. The number of carbonyl (C=O) groups excluding carboxylic acids is 1. The van der Waals surface area contributed by atoms with Crippen LogP contribution in [0.5, 0.6) is 0 Å². The highest BCUT2D eigenvalue weighted by atomic mass is 35.5. The summed E-state index contributed by atoms with van der Waals surface area (Å²) in [5, 5.41) is 2.76. The molecule has 0 bridgehead atoms. The zero-order valence-corrected chi connectivity index (χ0v) is 16.7. The van der Waals surface area contributed by atoms with Gasteiger partial charge in [-0.15, -0.1) is 12.4 Å². The van der Waals surface area contributed by atoms with E-state index in [1.54, 1.807) is 24.3 Å². The van der Waals surface area contributed by atoms with Gasteiger partial charge in [-0.3, -0.25) is 9.52 Å². The van der Waals surface area contributed by atoms with E-state index in [9.17, 15) is 17.6 Å². The molecule has 1 fully saturated rings. The van der Waals surface area contributed by atoms with E-state index >= 15 is 0 Å². The van der Waals surface area contributed by atoms with Crippen molar-refractivity contribution in [2.45, 2.75) is 36.6 Å². The molecular weight excluding hydrogens is 405 g/mol. The van der Waals surface area contributed by atoms with Crippen molar-refractivity contribution in [1.82, 2.24) is 0 Å². The molecule has 152 valence electrons. The van der Waals surface area contributed by atoms with Crippen molar-refractivity contribution in [2.24, 2.45) is 11.7 Å². The summed E-state index contributed by atoms with van der Waals surface area (Å²) < 4.78 is 40.5. The minimum atomic E-state index is -3.91. The highest BCUT2D eigenvalue weighted by Gasteiger charge is 2.26. The molecule has 0 heterocycles. The topological polar surface area (TPSA) is 101 Å². The van der Waals surface area contributed by atoms with Crippen molar-refractivity contribution in [3.63, 3.8) is 0 Å². The van der Waals surface area contributed by atoms with Crippen molar-refractivity contribution in [2.75, 3.05) is 10.0 Å².